The van der Waals surface area contributed by atoms with E-state index < -0.39 is 6.29 Å². The molecule has 3 unspecified atom stereocenters. The van der Waals surface area contributed by atoms with Gasteiger partial charge in [0.15, 0.2) is 6.29 Å². The maximum atomic E-state index is 11.3. The number of nitrogens with one attached hydrogen (secondary N) is 1. The lowest BCUT2D eigenvalue weighted by Gasteiger charge is -2.36. The van der Waals surface area contributed by atoms with Gasteiger partial charge >= 0.3 is 0 Å². The van der Waals surface area contributed by atoms with E-state index in [0.717, 1.165) is 44.4 Å². The molecule has 4 aromatic carbocycles. The van der Waals surface area contributed by atoms with E-state index in [-0.39, 0.29) is 24.7 Å². The van der Waals surface area contributed by atoms with Gasteiger partial charge in [0, 0.05) is 25.5 Å². The topological polar surface area (TPSA) is 85.6 Å². The van der Waals surface area contributed by atoms with E-state index in [2.05, 4.69) is 57.3 Å². The largest absolute Gasteiger partial charge is 0.392 e. The van der Waals surface area contributed by atoms with Gasteiger partial charge in [-0.2, -0.15) is 0 Å². The molecule has 0 spiro atoms. The molecule has 1 aliphatic rings. The Labute approximate surface area is 239 Å². The Morgan fingerprint density at radius 3 is 2.46 bits per heavy atom. The lowest BCUT2D eigenvalue weighted by Crippen LogP contribution is -2.32. The average Bonchev–Trinajstić information content (AvgIpc) is 3.42. The van der Waals surface area contributed by atoms with E-state index in [9.17, 15) is 9.90 Å². The Hall–Kier alpha value is -4.30. The number of hydrogen-bond acceptors (Lipinski definition) is 5. The number of carbonyl (C=O) groups excluding carboxylic acids is 1. The molecule has 7 heteroatoms. The standard InChI is InChI=1S/C34H33N3O4/c1-23(39)35-19-25-5-4-6-29(17-25)26-13-15-28(16-14-26)34-40-30(20-37-22-36-31-7-2-3-8-32(31)37)18-33(41-34)27-11-9-24(21-38)10-12-27/h2-17,22,30,33-34,38H,18-21H2,1H3,(H,35,39). The van der Waals surface area contributed by atoms with Gasteiger partial charge in [-0.1, -0.05) is 78.9 Å². The Morgan fingerprint density at radius 2 is 1.68 bits per heavy atom. The number of ether oxygens (including phenoxy) is 2. The van der Waals surface area contributed by atoms with E-state index in [1.807, 2.05) is 60.9 Å². The highest BCUT2D eigenvalue weighted by molar-refractivity contribution is 5.75. The van der Waals surface area contributed by atoms with Crippen molar-refractivity contribution < 1.29 is 19.4 Å². The number of aromatic nitrogens is 2. The van der Waals surface area contributed by atoms with Crippen LogP contribution in [0, 0.1) is 0 Å². The zero-order valence-corrected chi connectivity index (χ0v) is 22.9. The van der Waals surface area contributed by atoms with Crippen LogP contribution in [-0.4, -0.2) is 26.7 Å². The fraction of sp³-hybridized carbons (Fsp3) is 0.235. The highest BCUT2D eigenvalue weighted by Crippen LogP contribution is 2.39. The highest BCUT2D eigenvalue weighted by atomic mass is 16.7. The predicted octanol–water partition coefficient (Wildman–Crippen LogP) is 6.08. The number of imidazole rings is 1. The molecule has 1 aromatic heterocycles. The Morgan fingerprint density at radius 1 is 0.902 bits per heavy atom. The van der Waals surface area contributed by atoms with Gasteiger partial charge in [-0.3, -0.25) is 4.79 Å². The molecule has 41 heavy (non-hydrogen) atoms. The van der Waals surface area contributed by atoms with Gasteiger partial charge in [0.05, 0.1) is 42.7 Å². The molecular formula is C34H33N3O4. The van der Waals surface area contributed by atoms with Crippen LogP contribution in [0.3, 0.4) is 0 Å². The SMILES string of the molecule is CC(=O)NCc1cccc(-c2ccc(C3OC(Cn4cnc5ccccc54)CC(c4ccc(CO)cc4)O3)cc2)c1. The summed E-state index contributed by atoms with van der Waals surface area (Å²) in [4.78, 5) is 15.9. The molecule has 5 aromatic rings. The van der Waals surface area contributed by atoms with Crippen molar-refractivity contribution in [3.05, 3.63) is 126 Å². The summed E-state index contributed by atoms with van der Waals surface area (Å²) in [6.07, 6.45) is 1.77. The lowest BCUT2D eigenvalue weighted by atomic mass is 9.99. The molecular weight excluding hydrogens is 514 g/mol. The molecule has 7 nitrogen and oxygen atoms in total. The van der Waals surface area contributed by atoms with E-state index >= 15 is 0 Å². The molecule has 1 aliphatic heterocycles. The number of aliphatic hydroxyl groups excluding tert-OH is 1. The van der Waals surface area contributed by atoms with E-state index in [1.165, 1.54) is 6.92 Å². The van der Waals surface area contributed by atoms with Crippen molar-refractivity contribution in [3.8, 4) is 11.1 Å². The highest BCUT2D eigenvalue weighted by Gasteiger charge is 2.32. The van der Waals surface area contributed by atoms with Crippen LogP contribution in [-0.2, 0) is 34.0 Å². The first kappa shape index (κ1) is 26.9. The maximum Gasteiger partial charge on any atom is 0.217 e. The van der Waals surface area contributed by atoms with Gasteiger partial charge in [0.1, 0.15) is 0 Å². The first-order chi connectivity index (χ1) is 20.1. The molecule has 1 fully saturated rings. The Balaban J connectivity index is 1.25. The maximum absolute atomic E-state index is 11.3. The fourth-order valence-electron chi connectivity index (χ4n) is 5.33. The van der Waals surface area contributed by atoms with Crippen molar-refractivity contribution >= 4 is 16.9 Å². The second-order valence-electron chi connectivity index (χ2n) is 10.5. The molecule has 3 atom stereocenters. The van der Waals surface area contributed by atoms with E-state index in [1.54, 1.807) is 0 Å². The first-order valence-electron chi connectivity index (χ1n) is 13.9. The molecule has 0 saturated carbocycles. The average molecular weight is 548 g/mol. The summed E-state index contributed by atoms with van der Waals surface area (Å²) in [5.74, 6) is -0.0468. The minimum absolute atomic E-state index is 0.0103. The number of nitrogens with zero attached hydrogens (tertiary/aromatic N) is 2. The van der Waals surface area contributed by atoms with Crippen LogP contribution < -0.4 is 5.32 Å². The minimum atomic E-state index is -0.536. The quantitative estimate of drug-likeness (QED) is 0.246. The summed E-state index contributed by atoms with van der Waals surface area (Å²) >= 11 is 0. The van der Waals surface area contributed by atoms with Crippen LogP contribution in [0.5, 0.6) is 0 Å². The van der Waals surface area contributed by atoms with Crippen LogP contribution in [0.1, 0.15) is 48.0 Å². The number of aliphatic hydroxyl groups is 1. The number of carbonyl (C=O) groups is 1. The zero-order chi connectivity index (χ0) is 28.2. The van der Waals surface area contributed by atoms with Crippen LogP contribution in [0.2, 0.25) is 0 Å². The van der Waals surface area contributed by atoms with Gasteiger partial charge in [0.25, 0.3) is 0 Å². The number of hydrogen-bond donors (Lipinski definition) is 2. The molecule has 2 heterocycles. The summed E-state index contributed by atoms with van der Waals surface area (Å²) in [7, 11) is 0. The molecule has 1 saturated heterocycles. The lowest BCUT2D eigenvalue weighted by molar-refractivity contribution is -0.252. The smallest absolute Gasteiger partial charge is 0.217 e. The number of rotatable bonds is 8. The monoisotopic (exact) mass is 547 g/mol. The summed E-state index contributed by atoms with van der Waals surface area (Å²) < 4.78 is 15.2. The Bertz CT molecular complexity index is 1630. The van der Waals surface area contributed by atoms with Crippen molar-refractivity contribution in [2.45, 2.75) is 51.5 Å². The number of amides is 1. The number of benzene rings is 4. The van der Waals surface area contributed by atoms with Crippen molar-refractivity contribution in [2.24, 2.45) is 0 Å². The minimum Gasteiger partial charge on any atom is -0.392 e. The third kappa shape index (κ3) is 6.23. The second-order valence-corrected chi connectivity index (χ2v) is 10.5. The van der Waals surface area contributed by atoms with Crippen molar-refractivity contribution in [2.75, 3.05) is 0 Å². The van der Waals surface area contributed by atoms with Crippen molar-refractivity contribution in [3.63, 3.8) is 0 Å². The van der Waals surface area contributed by atoms with Crippen LogP contribution >= 0.6 is 0 Å². The molecule has 1 amide bonds. The molecule has 0 aliphatic carbocycles. The third-order valence-electron chi connectivity index (χ3n) is 7.53. The third-order valence-corrected chi connectivity index (χ3v) is 7.53. The molecule has 208 valence electrons. The van der Waals surface area contributed by atoms with Gasteiger partial charge in [-0.15, -0.1) is 0 Å². The fourth-order valence-corrected chi connectivity index (χ4v) is 5.33. The molecule has 6 rings (SSSR count). The summed E-state index contributed by atoms with van der Waals surface area (Å²) in [6.45, 7) is 2.69. The van der Waals surface area contributed by atoms with E-state index in [4.69, 9.17) is 9.47 Å². The first-order valence-corrected chi connectivity index (χ1v) is 13.9. The number of fused-ring (bicyclic) bond motifs is 1. The Kier molecular flexibility index (Phi) is 7.91. The molecule has 2 N–H and O–H groups in total. The summed E-state index contributed by atoms with van der Waals surface area (Å²) in [5.41, 5.74) is 8.12. The van der Waals surface area contributed by atoms with Gasteiger partial charge < -0.3 is 24.5 Å². The summed E-state index contributed by atoms with van der Waals surface area (Å²) in [5, 5.41) is 12.3. The van der Waals surface area contributed by atoms with Crippen LogP contribution in [0.25, 0.3) is 22.2 Å². The van der Waals surface area contributed by atoms with Crippen LogP contribution in [0.15, 0.2) is 103 Å². The van der Waals surface area contributed by atoms with Crippen LogP contribution in [0.4, 0.5) is 0 Å². The normalized spacial score (nSPS) is 18.8. The number of para-hydroxylation sites is 2. The second kappa shape index (κ2) is 12.1. The van der Waals surface area contributed by atoms with E-state index in [0.29, 0.717) is 19.5 Å². The van der Waals surface area contributed by atoms with Gasteiger partial charge in [-0.05, 0) is 46.0 Å². The predicted molar refractivity (Wildman–Crippen MR) is 158 cm³/mol. The van der Waals surface area contributed by atoms with Crippen molar-refractivity contribution in [1.82, 2.24) is 14.9 Å². The summed E-state index contributed by atoms with van der Waals surface area (Å²) in [6, 6.07) is 32.5. The molecule has 0 radical (unpaired) electrons. The van der Waals surface area contributed by atoms with Crippen molar-refractivity contribution in [1.29, 1.82) is 0 Å². The zero-order valence-electron chi connectivity index (χ0n) is 22.9. The van der Waals surface area contributed by atoms with Gasteiger partial charge in [0.2, 0.25) is 5.91 Å². The van der Waals surface area contributed by atoms with Gasteiger partial charge in [-0.25, -0.2) is 4.98 Å². The molecule has 0 bridgehead atoms.